The predicted molar refractivity (Wildman–Crippen MR) is 77.2 cm³/mol. The number of Topliss-reactive ketones (excluding diaryl/α,β-unsaturated/α-hetero) is 1. The van der Waals surface area contributed by atoms with Crippen LogP contribution in [-0.2, 0) is 0 Å². The first-order valence-electron chi connectivity index (χ1n) is 6.81. The summed E-state index contributed by atoms with van der Waals surface area (Å²) in [5, 5.41) is 3.33. The molecule has 1 N–H and O–H groups in total. The van der Waals surface area contributed by atoms with Gasteiger partial charge in [-0.05, 0) is 18.2 Å². The number of hydrogen-bond donors (Lipinski definition) is 1. The van der Waals surface area contributed by atoms with E-state index >= 15 is 0 Å². The number of hydrogen-bond acceptors (Lipinski definition) is 4. The fraction of sp³-hybridized carbons (Fsp3) is 0.533. The highest BCUT2D eigenvalue weighted by atomic mass is 16.5. The maximum Gasteiger partial charge on any atom is 0.165 e. The van der Waals surface area contributed by atoms with Crippen LogP contribution in [0.25, 0.3) is 0 Å². The maximum absolute atomic E-state index is 12.1. The van der Waals surface area contributed by atoms with Gasteiger partial charge in [-0.2, -0.15) is 0 Å². The van der Waals surface area contributed by atoms with Crippen LogP contribution in [0.5, 0.6) is 5.75 Å². The van der Waals surface area contributed by atoms with Gasteiger partial charge in [-0.15, -0.1) is 0 Å². The molecule has 0 bridgehead atoms. The van der Waals surface area contributed by atoms with Gasteiger partial charge in [0, 0.05) is 37.7 Å². The predicted octanol–water partition coefficient (Wildman–Crippen LogP) is 1.94. The van der Waals surface area contributed by atoms with Gasteiger partial charge < -0.3 is 15.0 Å². The molecule has 19 heavy (non-hydrogen) atoms. The lowest BCUT2D eigenvalue weighted by Gasteiger charge is -2.30. The van der Waals surface area contributed by atoms with Gasteiger partial charge in [-0.1, -0.05) is 13.8 Å². The molecule has 0 saturated carbocycles. The van der Waals surface area contributed by atoms with Crippen molar-refractivity contribution in [3.63, 3.8) is 0 Å². The number of carbonyl (C=O) groups is 1. The molecule has 1 saturated heterocycles. The minimum Gasteiger partial charge on any atom is -0.495 e. The Kier molecular flexibility index (Phi) is 4.43. The molecule has 4 nitrogen and oxygen atoms in total. The van der Waals surface area contributed by atoms with Gasteiger partial charge in [-0.3, -0.25) is 4.79 Å². The molecule has 1 aromatic rings. The van der Waals surface area contributed by atoms with E-state index in [9.17, 15) is 4.79 Å². The quantitative estimate of drug-likeness (QED) is 0.842. The first-order valence-corrected chi connectivity index (χ1v) is 6.81. The summed E-state index contributed by atoms with van der Waals surface area (Å²) in [6.45, 7) is 7.66. The second kappa shape index (κ2) is 6.06. The molecule has 1 fully saturated rings. The molecular weight excluding hydrogens is 240 g/mol. The Morgan fingerprint density at radius 1 is 1.32 bits per heavy atom. The zero-order valence-electron chi connectivity index (χ0n) is 11.9. The molecule has 0 atom stereocenters. The van der Waals surface area contributed by atoms with Crippen molar-refractivity contribution >= 4 is 11.5 Å². The Hall–Kier alpha value is -1.55. The monoisotopic (exact) mass is 262 g/mol. The molecule has 4 heteroatoms. The molecule has 0 spiro atoms. The van der Waals surface area contributed by atoms with E-state index < -0.39 is 0 Å². The summed E-state index contributed by atoms with van der Waals surface area (Å²) in [4.78, 5) is 14.4. The fourth-order valence-electron chi connectivity index (χ4n) is 2.33. The van der Waals surface area contributed by atoms with E-state index in [1.165, 1.54) is 0 Å². The first kappa shape index (κ1) is 13.9. The standard InChI is InChI=1S/C15H22N2O2/c1-11(2)15(18)12-4-5-14(19-3)13(10-12)17-8-6-16-7-9-17/h4-5,10-11,16H,6-9H2,1-3H3. The first-order chi connectivity index (χ1) is 9.13. The molecule has 0 aliphatic carbocycles. The van der Waals surface area contributed by atoms with Crippen molar-refractivity contribution < 1.29 is 9.53 Å². The van der Waals surface area contributed by atoms with Crippen LogP contribution in [0, 0.1) is 5.92 Å². The fourth-order valence-corrected chi connectivity index (χ4v) is 2.33. The zero-order valence-corrected chi connectivity index (χ0v) is 11.9. The number of ketones is 1. The van der Waals surface area contributed by atoms with Gasteiger partial charge in [0.1, 0.15) is 5.75 Å². The van der Waals surface area contributed by atoms with Gasteiger partial charge in [0.05, 0.1) is 12.8 Å². The molecule has 0 aromatic heterocycles. The van der Waals surface area contributed by atoms with Crippen LogP contribution in [0.15, 0.2) is 18.2 Å². The highest BCUT2D eigenvalue weighted by molar-refractivity contribution is 5.98. The molecule has 0 radical (unpaired) electrons. The highest BCUT2D eigenvalue weighted by Crippen LogP contribution is 2.30. The Balaban J connectivity index is 2.33. The number of anilines is 1. The van der Waals surface area contributed by atoms with Crippen molar-refractivity contribution in [2.45, 2.75) is 13.8 Å². The van der Waals surface area contributed by atoms with Crippen LogP contribution in [0.1, 0.15) is 24.2 Å². The number of benzene rings is 1. The van der Waals surface area contributed by atoms with Crippen LogP contribution in [0.4, 0.5) is 5.69 Å². The van der Waals surface area contributed by atoms with Crippen molar-refractivity contribution in [1.82, 2.24) is 5.32 Å². The lowest BCUT2D eigenvalue weighted by atomic mass is 10.00. The van der Waals surface area contributed by atoms with Crippen LogP contribution < -0.4 is 15.0 Å². The number of carbonyl (C=O) groups excluding carboxylic acids is 1. The van der Waals surface area contributed by atoms with E-state index in [1.54, 1.807) is 7.11 Å². The zero-order chi connectivity index (χ0) is 13.8. The summed E-state index contributed by atoms with van der Waals surface area (Å²) in [5.41, 5.74) is 1.79. The molecule has 1 aromatic carbocycles. The third-order valence-electron chi connectivity index (χ3n) is 3.45. The second-order valence-electron chi connectivity index (χ2n) is 5.14. The molecule has 104 valence electrons. The molecule has 1 aliphatic rings. The van der Waals surface area contributed by atoms with E-state index in [-0.39, 0.29) is 11.7 Å². The average Bonchev–Trinajstić information content (AvgIpc) is 2.46. The van der Waals surface area contributed by atoms with Crippen molar-refractivity contribution in [3.8, 4) is 5.75 Å². The van der Waals surface area contributed by atoms with Crippen molar-refractivity contribution in [1.29, 1.82) is 0 Å². The van der Waals surface area contributed by atoms with E-state index in [2.05, 4.69) is 10.2 Å². The number of nitrogens with zero attached hydrogens (tertiary/aromatic N) is 1. The van der Waals surface area contributed by atoms with Crippen LogP contribution >= 0.6 is 0 Å². The normalized spacial score (nSPS) is 15.7. The van der Waals surface area contributed by atoms with Crippen molar-refractivity contribution in [3.05, 3.63) is 23.8 Å². The Bertz CT molecular complexity index is 451. The SMILES string of the molecule is COc1ccc(C(=O)C(C)C)cc1N1CCNCC1. The number of ether oxygens (including phenoxy) is 1. The maximum atomic E-state index is 12.1. The molecule has 0 unspecified atom stereocenters. The molecular formula is C15H22N2O2. The van der Waals surface area contributed by atoms with E-state index in [1.807, 2.05) is 32.0 Å². The van der Waals surface area contributed by atoms with E-state index in [0.29, 0.717) is 0 Å². The number of piperazine rings is 1. The Morgan fingerprint density at radius 2 is 2.00 bits per heavy atom. The van der Waals surface area contributed by atoms with Crippen LogP contribution in [0.2, 0.25) is 0 Å². The smallest absolute Gasteiger partial charge is 0.165 e. The summed E-state index contributed by atoms with van der Waals surface area (Å²) in [6, 6.07) is 5.71. The highest BCUT2D eigenvalue weighted by Gasteiger charge is 2.18. The number of nitrogens with one attached hydrogen (secondary N) is 1. The largest absolute Gasteiger partial charge is 0.495 e. The van der Waals surface area contributed by atoms with Gasteiger partial charge in [0.15, 0.2) is 5.78 Å². The molecule has 0 amide bonds. The topological polar surface area (TPSA) is 41.6 Å². The lowest BCUT2D eigenvalue weighted by Crippen LogP contribution is -2.43. The summed E-state index contributed by atoms with van der Waals surface area (Å²) >= 11 is 0. The van der Waals surface area contributed by atoms with E-state index in [4.69, 9.17) is 4.74 Å². The van der Waals surface area contributed by atoms with Crippen LogP contribution in [-0.4, -0.2) is 39.1 Å². The third-order valence-corrected chi connectivity index (χ3v) is 3.45. The lowest BCUT2D eigenvalue weighted by molar-refractivity contribution is 0.0939. The van der Waals surface area contributed by atoms with Crippen molar-refractivity contribution in [2.75, 3.05) is 38.2 Å². The van der Waals surface area contributed by atoms with E-state index in [0.717, 1.165) is 43.2 Å². The summed E-state index contributed by atoms with van der Waals surface area (Å²) in [7, 11) is 1.67. The van der Waals surface area contributed by atoms with Gasteiger partial charge >= 0.3 is 0 Å². The Labute approximate surface area is 114 Å². The van der Waals surface area contributed by atoms with Gasteiger partial charge in [0.25, 0.3) is 0 Å². The molecule has 1 aliphatic heterocycles. The third kappa shape index (κ3) is 3.07. The average molecular weight is 262 g/mol. The Morgan fingerprint density at radius 3 is 2.58 bits per heavy atom. The van der Waals surface area contributed by atoms with Gasteiger partial charge in [0.2, 0.25) is 0 Å². The second-order valence-corrected chi connectivity index (χ2v) is 5.14. The number of methoxy groups -OCH3 is 1. The summed E-state index contributed by atoms with van der Waals surface area (Å²) in [5.74, 6) is 1.03. The molecule has 2 rings (SSSR count). The minimum absolute atomic E-state index is 0.0178. The van der Waals surface area contributed by atoms with Crippen molar-refractivity contribution in [2.24, 2.45) is 5.92 Å². The number of rotatable bonds is 4. The minimum atomic E-state index is 0.0178. The molecule has 1 heterocycles. The summed E-state index contributed by atoms with van der Waals surface area (Å²) < 4.78 is 5.42. The van der Waals surface area contributed by atoms with Gasteiger partial charge in [-0.25, -0.2) is 0 Å². The van der Waals surface area contributed by atoms with Crippen LogP contribution in [0.3, 0.4) is 0 Å². The summed E-state index contributed by atoms with van der Waals surface area (Å²) in [6.07, 6.45) is 0.